The summed E-state index contributed by atoms with van der Waals surface area (Å²) < 4.78 is 44.6. The summed E-state index contributed by atoms with van der Waals surface area (Å²) in [5, 5.41) is 2.06. The molecule has 2 aromatic rings. The second-order valence-corrected chi connectivity index (χ2v) is 6.42. The van der Waals surface area contributed by atoms with Crippen LogP contribution >= 0.6 is 11.8 Å². The summed E-state index contributed by atoms with van der Waals surface area (Å²) in [7, 11) is 0. The average Bonchev–Trinajstić information content (AvgIpc) is 2.61. The van der Waals surface area contributed by atoms with E-state index in [1.807, 2.05) is 31.2 Å². The molecule has 2 rings (SSSR count). The Labute approximate surface area is 152 Å². The van der Waals surface area contributed by atoms with Crippen molar-refractivity contribution in [1.82, 2.24) is 0 Å². The highest BCUT2D eigenvalue weighted by molar-refractivity contribution is 8.00. The number of anilines is 1. The van der Waals surface area contributed by atoms with Gasteiger partial charge >= 0.3 is 5.97 Å². The van der Waals surface area contributed by atoms with Gasteiger partial charge in [-0.15, -0.1) is 11.8 Å². The Morgan fingerprint density at radius 3 is 2.50 bits per heavy atom. The monoisotopic (exact) mass is 383 g/mol. The maximum Gasteiger partial charge on any atom is 0.317 e. The summed E-state index contributed by atoms with van der Waals surface area (Å²) in [4.78, 5) is 24.7. The Morgan fingerprint density at radius 2 is 1.81 bits per heavy atom. The molecule has 1 amide bonds. The van der Waals surface area contributed by atoms with Gasteiger partial charge in [-0.2, -0.15) is 0 Å². The van der Waals surface area contributed by atoms with Gasteiger partial charge in [-0.3, -0.25) is 9.59 Å². The number of ether oxygens (including phenoxy) is 1. The Morgan fingerprint density at radius 1 is 1.12 bits per heavy atom. The molecule has 0 saturated carbocycles. The van der Waals surface area contributed by atoms with Crippen LogP contribution in [-0.4, -0.2) is 23.7 Å². The molecule has 0 radical (unpaired) electrons. The molecule has 1 atom stereocenters. The number of aryl methyl sites for hydroxylation is 1. The number of nitrogens with one attached hydrogen (secondary N) is 1. The van der Waals surface area contributed by atoms with Crippen molar-refractivity contribution < 1.29 is 27.5 Å². The van der Waals surface area contributed by atoms with Crippen LogP contribution in [0.2, 0.25) is 0 Å². The third kappa shape index (κ3) is 5.01. The predicted molar refractivity (Wildman–Crippen MR) is 92.4 cm³/mol. The van der Waals surface area contributed by atoms with Gasteiger partial charge in [0.1, 0.15) is 0 Å². The van der Waals surface area contributed by atoms with Crippen LogP contribution in [-0.2, 0) is 14.3 Å². The Hall–Kier alpha value is -2.48. The zero-order valence-electron chi connectivity index (χ0n) is 14.0. The maximum absolute atomic E-state index is 13.6. The molecule has 26 heavy (non-hydrogen) atoms. The van der Waals surface area contributed by atoms with Crippen LogP contribution in [0.3, 0.4) is 0 Å². The summed E-state index contributed by atoms with van der Waals surface area (Å²) in [6.07, 6.45) is -1.23. The fourth-order valence-corrected chi connectivity index (χ4v) is 2.81. The second-order valence-electron chi connectivity index (χ2n) is 5.40. The van der Waals surface area contributed by atoms with E-state index in [2.05, 4.69) is 5.32 Å². The number of hydrogen-bond acceptors (Lipinski definition) is 4. The van der Waals surface area contributed by atoms with Gasteiger partial charge in [0.15, 0.2) is 23.6 Å². The van der Waals surface area contributed by atoms with Crippen molar-refractivity contribution in [1.29, 1.82) is 0 Å². The lowest BCUT2D eigenvalue weighted by Gasteiger charge is -2.14. The first-order valence-corrected chi connectivity index (χ1v) is 8.60. The van der Waals surface area contributed by atoms with E-state index < -0.39 is 41.1 Å². The highest BCUT2D eigenvalue weighted by Gasteiger charge is 2.21. The van der Waals surface area contributed by atoms with Gasteiger partial charge in [-0.1, -0.05) is 18.2 Å². The molecule has 0 saturated heterocycles. The Kier molecular flexibility index (Phi) is 6.68. The molecule has 0 spiro atoms. The van der Waals surface area contributed by atoms with Crippen LogP contribution < -0.4 is 5.32 Å². The van der Waals surface area contributed by atoms with E-state index in [1.165, 1.54) is 18.7 Å². The number of amides is 1. The number of halogens is 3. The highest BCUT2D eigenvalue weighted by atomic mass is 32.2. The van der Waals surface area contributed by atoms with Gasteiger partial charge in [-0.25, -0.2) is 13.2 Å². The minimum atomic E-state index is -1.69. The molecule has 4 nitrogen and oxygen atoms in total. The van der Waals surface area contributed by atoms with E-state index in [0.717, 1.165) is 16.5 Å². The Bertz CT molecular complexity index is 829. The number of hydrogen-bond donors (Lipinski definition) is 1. The molecule has 1 N–H and O–H groups in total. The van der Waals surface area contributed by atoms with Crippen molar-refractivity contribution in [3.8, 4) is 0 Å². The lowest BCUT2D eigenvalue weighted by Crippen LogP contribution is -2.31. The molecule has 0 fully saturated rings. The van der Waals surface area contributed by atoms with E-state index in [4.69, 9.17) is 4.74 Å². The summed E-state index contributed by atoms with van der Waals surface area (Å²) >= 11 is 1.26. The molecule has 0 heterocycles. The molecule has 8 heteroatoms. The predicted octanol–water partition coefficient (Wildman–Crippen LogP) is 4.07. The standard InChI is InChI=1S/C18H16F3NO3S/c1-10-5-3-4-6-14(10)26-9-15(23)25-11(2)18(24)22-13-8-7-12(19)16(20)17(13)21/h3-8,11H,9H2,1-2H3,(H,22,24)/t11-/m1/s1. The third-order valence-corrected chi connectivity index (χ3v) is 4.56. The smallest absolute Gasteiger partial charge is 0.317 e. The summed E-state index contributed by atoms with van der Waals surface area (Å²) in [5.74, 6) is -6.08. The topological polar surface area (TPSA) is 55.4 Å². The Balaban J connectivity index is 1.89. The first-order valence-electron chi connectivity index (χ1n) is 7.62. The van der Waals surface area contributed by atoms with Crippen molar-refractivity contribution in [3.05, 3.63) is 59.4 Å². The van der Waals surface area contributed by atoms with Gasteiger partial charge in [0.05, 0.1) is 11.4 Å². The molecule has 0 unspecified atom stereocenters. The van der Waals surface area contributed by atoms with Crippen LogP contribution in [0.1, 0.15) is 12.5 Å². The number of esters is 1. The molecular weight excluding hydrogens is 367 g/mol. The minimum Gasteiger partial charge on any atom is -0.452 e. The van der Waals surface area contributed by atoms with Crippen LogP contribution in [0.5, 0.6) is 0 Å². The fraction of sp³-hybridized carbons (Fsp3) is 0.222. The van der Waals surface area contributed by atoms with Crippen molar-refractivity contribution in [2.45, 2.75) is 24.8 Å². The van der Waals surface area contributed by atoms with Gasteiger partial charge in [0, 0.05) is 4.90 Å². The van der Waals surface area contributed by atoms with Crippen LogP contribution in [0, 0.1) is 24.4 Å². The molecule has 0 aliphatic rings. The van der Waals surface area contributed by atoms with Gasteiger partial charge in [0.2, 0.25) is 0 Å². The van der Waals surface area contributed by atoms with Crippen LogP contribution in [0.4, 0.5) is 18.9 Å². The number of carbonyl (C=O) groups excluding carboxylic acids is 2. The SMILES string of the molecule is Cc1ccccc1SCC(=O)O[C@H](C)C(=O)Nc1ccc(F)c(F)c1F. The molecule has 0 aliphatic heterocycles. The van der Waals surface area contributed by atoms with Gasteiger partial charge in [0.25, 0.3) is 5.91 Å². The van der Waals surface area contributed by atoms with Crippen LogP contribution in [0.25, 0.3) is 0 Å². The van der Waals surface area contributed by atoms with E-state index in [0.29, 0.717) is 6.07 Å². The van der Waals surface area contributed by atoms with Crippen molar-refractivity contribution >= 4 is 29.3 Å². The second kappa shape index (κ2) is 8.75. The van der Waals surface area contributed by atoms with Crippen molar-refractivity contribution in [2.75, 3.05) is 11.1 Å². The molecular formula is C18H16F3NO3S. The lowest BCUT2D eigenvalue weighted by molar-refractivity contribution is -0.150. The number of benzene rings is 2. The molecule has 138 valence electrons. The molecule has 0 bridgehead atoms. The molecule has 0 aromatic heterocycles. The largest absolute Gasteiger partial charge is 0.452 e. The van der Waals surface area contributed by atoms with E-state index in [1.54, 1.807) is 0 Å². The maximum atomic E-state index is 13.6. The first kappa shape index (κ1) is 19.8. The zero-order valence-corrected chi connectivity index (χ0v) is 14.8. The van der Waals surface area contributed by atoms with E-state index in [-0.39, 0.29) is 5.75 Å². The van der Waals surface area contributed by atoms with Crippen molar-refractivity contribution in [2.24, 2.45) is 0 Å². The molecule has 0 aliphatic carbocycles. The highest BCUT2D eigenvalue weighted by Crippen LogP contribution is 2.22. The number of carbonyl (C=O) groups is 2. The summed E-state index contributed by atoms with van der Waals surface area (Å²) in [6.45, 7) is 3.20. The average molecular weight is 383 g/mol. The molecule has 2 aromatic carbocycles. The van der Waals surface area contributed by atoms with E-state index >= 15 is 0 Å². The normalized spacial score (nSPS) is 11.7. The number of thioether (sulfide) groups is 1. The van der Waals surface area contributed by atoms with Gasteiger partial charge in [-0.05, 0) is 37.6 Å². The van der Waals surface area contributed by atoms with Crippen LogP contribution in [0.15, 0.2) is 41.3 Å². The fourth-order valence-electron chi connectivity index (χ4n) is 2.00. The van der Waals surface area contributed by atoms with Gasteiger partial charge < -0.3 is 10.1 Å². The van der Waals surface area contributed by atoms with Crippen molar-refractivity contribution in [3.63, 3.8) is 0 Å². The number of rotatable bonds is 6. The van der Waals surface area contributed by atoms with E-state index in [9.17, 15) is 22.8 Å². The first-order chi connectivity index (χ1) is 12.3. The lowest BCUT2D eigenvalue weighted by atomic mass is 10.2. The summed E-state index contributed by atoms with van der Waals surface area (Å²) in [5.41, 5.74) is 0.469. The zero-order chi connectivity index (χ0) is 19.3. The summed E-state index contributed by atoms with van der Waals surface area (Å²) in [6, 6.07) is 9.04. The minimum absolute atomic E-state index is 0.0119. The third-order valence-electron chi connectivity index (χ3n) is 3.41. The quantitative estimate of drug-likeness (QED) is 0.464.